The maximum atomic E-state index is 10.9. The molecule has 0 amide bonds. The minimum atomic E-state index is -0.919. The van der Waals surface area contributed by atoms with Gasteiger partial charge in [0.05, 0.1) is 0 Å². The fraction of sp³-hybridized carbons (Fsp3) is 0.154. The van der Waals surface area contributed by atoms with Crippen LogP contribution in [0.2, 0.25) is 0 Å². The van der Waals surface area contributed by atoms with Crippen LogP contribution in [0.15, 0.2) is 36.3 Å². The molecule has 0 saturated heterocycles. The Labute approximate surface area is 98.8 Å². The highest BCUT2D eigenvalue weighted by molar-refractivity contribution is 5.92. The lowest BCUT2D eigenvalue weighted by Crippen LogP contribution is -2.01. The lowest BCUT2D eigenvalue weighted by Gasteiger charge is -2.14. The first-order valence-electron chi connectivity index (χ1n) is 5.27. The van der Waals surface area contributed by atoms with Crippen molar-refractivity contribution in [1.29, 1.82) is 0 Å². The number of para-hydroxylation sites is 1. The molecule has 2 rings (SSSR count). The summed E-state index contributed by atoms with van der Waals surface area (Å²) in [5, 5.41) is 8.98. The van der Waals surface area contributed by atoms with Gasteiger partial charge in [0, 0.05) is 11.1 Å². The van der Waals surface area contributed by atoms with Gasteiger partial charge in [-0.1, -0.05) is 19.1 Å². The summed E-state index contributed by atoms with van der Waals surface area (Å²) in [5.41, 5.74) is 1.03. The normalized spacial score (nSPS) is 13.6. The van der Waals surface area contributed by atoms with Crippen LogP contribution in [0.25, 0.3) is 6.08 Å². The Bertz CT molecular complexity index is 500. The van der Waals surface area contributed by atoms with Crippen molar-refractivity contribution in [3.8, 4) is 11.5 Å². The summed E-state index contributed by atoms with van der Waals surface area (Å²) >= 11 is 0. The monoisotopic (exact) mass is 232 g/mol. The van der Waals surface area contributed by atoms with E-state index < -0.39 is 5.97 Å². The van der Waals surface area contributed by atoms with E-state index in [2.05, 4.69) is 0 Å². The van der Waals surface area contributed by atoms with E-state index in [1.54, 1.807) is 31.2 Å². The average molecular weight is 232 g/mol. The maximum Gasteiger partial charge on any atom is 0.331 e. The number of rotatable bonds is 3. The Morgan fingerprint density at radius 3 is 2.82 bits per heavy atom. The van der Waals surface area contributed by atoms with Gasteiger partial charge in [-0.25, -0.2) is 4.79 Å². The van der Waals surface area contributed by atoms with Gasteiger partial charge in [0.1, 0.15) is 12.5 Å². The first kappa shape index (κ1) is 11.3. The molecule has 0 radical (unpaired) electrons. The third-order valence-corrected chi connectivity index (χ3v) is 2.43. The van der Waals surface area contributed by atoms with Crippen molar-refractivity contribution in [1.82, 2.24) is 0 Å². The van der Waals surface area contributed by atoms with Crippen LogP contribution in [0.5, 0.6) is 11.5 Å². The number of benzene rings is 1. The summed E-state index contributed by atoms with van der Waals surface area (Å²) in [4.78, 5) is 10.9. The predicted molar refractivity (Wildman–Crippen MR) is 62.7 cm³/mol. The molecule has 0 bridgehead atoms. The molecular formula is C13H12O4. The van der Waals surface area contributed by atoms with Gasteiger partial charge in [-0.3, -0.25) is 0 Å². The van der Waals surface area contributed by atoms with E-state index in [-0.39, 0.29) is 0 Å². The Morgan fingerprint density at radius 2 is 2.12 bits per heavy atom. The van der Waals surface area contributed by atoms with Crippen molar-refractivity contribution in [3.63, 3.8) is 0 Å². The molecule has 0 saturated carbocycles. The van der Waals surface area contributed by atoms with Crippen molar-refractivity contribution < 1.29 is 19.4 Å². The van der Waals surface area contributed by atoms with Crippen molar-refractivity contribution >= 4 is 12.0 Å². The number of aliphatic carboxylic acids is 1. The lowest BCUT2D eigenvalue weighted by molar-refractivity contribution is -0.132. The van der Waals surface area contributed by atoms with Gasteiger partial charge in [-0.05, 0) is 18.6 Å². The molecule has 1 aliphatic heterocycles. The van der Waals surface area contributed by atoms with Crippen molar-refractivity contribution in [2.24, 2.45) is 0 Å². The van der Waals surface area contributed by atoms with Crippen molar-refractivity contribution in [2.45, 2.75) is 13.3 Å². The average Bonchev–Trinajstić information content (AvgIpc) is 2.35. The molecule has 17 heavy (non-hydrogen) atoms. The third kappa shape index (κ3) is 2.30. The molecule has 1 heterocycles. The zero-order chi connectivity index (χ0) is 12.3. The highest BCUT2D eigenvalue weighted by Gasteiger charge is 2.13. The summed E-state index contributed by atoms with van der Waals surface area (Å²) in [6.45, 7) is 1.80. The highest BCUT2D eigenvalue weighted by atomic mass is 16.5. The molecule has 1 aliphatic rings. The standard InChI is InChI=1S/C13H12O4/c1-2-9(13(14)15)8-10-4-3-5-11-12(10)17-7-6-16-11/h3-8H,2H2,1H3,(H,14,15). The van der Waals surface area contributed by atoms with E-state index in [1.165, 1.54) is 12.5 Å². The molecule has 1 N–H and O–H groups in total. The van der Waals surface area contributed by atoms with Gasteiger partial charge in [0.15, 0.2) is 11.5 Å². The van der Waals surface area contributed by atoms with E-state index in [9.17, 15) is 4.79 Å². The van der Waals surface area contributed by atoms with E-state index >= 15 is 0 Å². The molecule has 88 valence electrons. The number of hydrogen-bond acceptors (Lipinski definition) is 3. The van der Waals surface area contributed by atoms with Crippen LogP contribution in [0.1, 0.15) is 18.9 Å². The molecule has 0 atom stereocenters. The van der Waals surface area contributed by atoms with Gasteiger partial charge in [0.2, 0.25) is 0 Å². The van der Waals surface area contributed by atoms with E-state index in [4.69, 9.17) is 14.6 Å². The van der Waals surface area contributed by atoms with Gasteiger partial charge >= 0.3 is 5.97 Å². The fourth-order valence-corrected chi connectivity index (χ4v) is 1.57. The van der Waals surface area contributed by atoms with Crippen LogP contribution in [0, 0.1) is 0 Å². The highest BCUT2D eigenvalue weighted by Crippen LogP contribution is 2.35. The predicted octanol–water partition coefficient (Wildman–Crippen LogP) is 2.81. The minimum absolute atomic E-state index is 0.330. The molecule has 0 fully saturated rings. The molecule has 0 aliphatic carbocycles. The Kier molecular flexibility index (Phi) is 3.14. The number of hydrogen-bond donors (Lipinski definition) is 1. The second kappa shape index (κ2) is 4.74. The number of carbonyl (C=O) groups is 1. The van der Waals surface area contributed by atoms with Crippen molar-refractivity contribution in [3.05, 3.63) is 41.9 Å². The first-order chi connectivity index (χ1) is 8.22. The Hall–Kier alpha value is -2.23. The molecule has 0 unspecified atom stereocenters. The molecule has 4 nitrogen and oxygen atoms in total. The zero-order valence-corrected chi connectivity index (χ0v) is 9.34. The number of carboxylic acid groups (broad SMARTS) is 1. The second-order valence-electron chi connectivity index (χ2n) is 3.51. The van der Waals surface area contributed by atoms with Gasteiger partial charge < -0.3 is 14.6 Å². The van der Waals surface area contributed by atoms with E-state index in [0.29, 0.717) is 29.1 Å². The van der Waals surface area contributed by atoms with Crippen molar-refractivity contribution in [2.75, 3.05) is 0 Å². The second-order valence-corrected chi connectivity index (χ2v) is 3.51. The Morgan fingerprint density at radius 1 is 1.35 bits per heavy atom. The summed E-state index contributed by atoms with van der Waals surface area (Å²) in [7, 11) is 0. The lowest BCUT2D eigenvalue weighted by atomic mass is 10.1. The summed E-state index contributed by atoms with van der Waals surface area (Å²) in [6, 6.07) is 5.35. The minimum Gasteiger partial charge on any atom is -0.478 e. The van der Waals surface area contributed by atoms with Gasteiger partial charge in [-0.15, -0.1) is 0 Å². The number of carboxylic acids is 1. The topological polar surface area (TPSA) is 55.8 Å². The molecule has 0 spiro atoms. The van der Waals surface area contributed by atoms with Crippen LogP contribution >= 0.6 is 0 Å². The van der Waals surface area contributed by atoms with Crippen LogP contribution in [0.4, 0.5) is 0 Å². The van der Waals surface area contributed by atoms with E-state index in [0.717, 1.165) is 0 Å². The van der Waals surface area contributed by atoms with Crippen LogP contribution in [-0.4, -0.2) is 11.1 Å². The fourth-order valence-electron chi connectivity index (χ4n) is 1.57. The maximum absolute atomic E-state index is 10.9. The smallest absolute Gasteiger partial charge is 0.331 e. The SMILES string of the molecule is CCC(=Cc1cccc2c1OC=CO2)C(=O)O. The van der Waals surface area contributed by atoms with Gasteiger partial charge in [-0.2, -0.15) is 0 Å². The molecule has 0 aromatic heterocycles. The summed E-state index contributed by atoms with van der Waals surface area (Å²) in [5.74, 6) is 0.210. The van der Waals surface area contributed by atoms with Crippen LogP contribution < -0.4 is 9.47 Å². The number of ether oxygens (including phenoxy) is 2. The van der Waals surface area contributed by atoms with Crippen LogP contribution in [0.3, 0.4) is 0 Å². The van der Waals surface area contributed by atoms with E-state index in [1.807, 2.05) is 0 Å². The largest absolute Gasteiger partial charge is 0.478 e. The van der Waals surface area contributed by atoms with Gasteiger partial charge in [0.25, 0.3) is 0 Å². The summed E-state index contributed by atoms with van der Waals surface area (Å²) < 4.78 is 10.6. The molecule has 1 aromatic rings. The molecular weight excluding hydrogens is 220 g/mol. The summed E-state index contributed by atoms with van der Waals surface area (Å²) in [6.07, 6.45) is 4.92. The Balaban J connectivity index is 2.44. The molecule has 1 aromatic carbocycles. The van der Waals surface area contributed by atoms with Crippen LogP contribution in [-0.2, 0) is 4.79 Å². The molecule has 4 heteroatoms. The number of fused-ring (bicyclic) bond motifs is 1. The quantitative estimate of drug-likeness (QED) is 0.814. The first-order valence-corrected chi connectivity index (χ1v) is 5.27. The zero-order valence-electron chi connectivity index (χ0n) is 9.34. The third-order valence-electron chi connectivity index (χ3n) is 2.43.